The van der Waals surface area contributed by atoms with Gasteiger partial charge in [0.05, 0.1) is 5.41 Å². The van der Waals surface area contributed by atoms with Crippen molar-refractivity contribution in [2.45, 2.75) is 27.2 Å². The van der Waals surface area contributed by atoms with Gasteiger partial charge in [0.15, 0.2) is 0 Å². The third kappa shape index (κ3) is 3.73. The minimum atomic E-state index is -0.811. The maximum absolute atomic E-state index is 13.0. The molecule has 0 atom stereocenters. The maximum atomic E-state index is 13.0. The number of carbonyl (C=O) groups is 1. The fraction of sp³-hybridized carbons (Fsp3) is 0.462. The van der Waals surface area contributed by atoms with Crippen molar-refractivity contribution in [2.24, 2.45) is 5.41 Å². The Morgan fingerprint density at radius 2 is 2.12 bits per heavy atom. The number of carboxylic acid groups (broad SMARTS) is 1. The van der Waals surface area contributed by atoms with E-state index in [1.165, 1.54) is 6.07 Å². The summed E-state index contributed by atoms with van der Waals surface area (Å²) in [6.07, 6.45) is 0.513. The molecule has 0 saturated heterocycles. The molecule has 2 N–H and O–H groups in total. The number of halogens is 1. The molecular weight excluding hydrogens is 221 g/mol. The SMILES string of the molecule is Cc1cc(NCCC(C)(C)C(=O)O)ccc1F. The first-order chi connectivity index (χ1) is 7.83. The van der Waals surface area contributed by atoms with Crippen molar-refractivity contribution in [1.82, 2.24) is 0 Å². The van der Waals surface area contributed by atoms with E-state index >= 15 is 0 Å². The Morgan fingerprint density at radius 1 is 1.47 bits per heavy atom. The molecule has 0 heterocycles. The van der Waals surface area contributed by atoms with Crippen LogP contribution in [0.25, 0.3) is 0 Å². The third-order valence-corrected chi connectivity index (χ3v) is 2.82. The highest BCUT2D eigenvalue weighted by atomic mass is 19.1. The Morgan fingerprint density at radius 3 is 2.65 bits per heavy atom. The zero-order valence-electron chi connectivity index (χ0n) is 10.4. The first-order valence-electron chi connectivity index (χ1n) is 5.56. The van der Waals surface area contributed by atoms with Crippen LogP contribution in [-0.4, -0.2) is 17.6 Å². The molecule has 1 aromatic carbocycles. The predicted octanol–water partition coefficient (Wildman–Crippen LogP) is 3.05. The molecule has 0 bridgehead atoms. The van der Waals surface area contributed by atoms with Crippen molar-refractivity contribution < 1.29 is 14.3 Å². The van der Waals surface area contributed by atoms with Crippen molar-refractivity contribution in [3.05, 3.63) is 29.6 Å². The number of hydrogen-bond acceptors (Lipinski definition) is 2. The van der Waals surface area contributed by atoms with Crippen molar-refractivity contribution >= 4 is 11.7 Å². The van der Waals surface area contributed by atoms with Crippen LogP contribution in [0.3, 0.4) is 0 Å². The van der Waals surface area contributed by atoms with Gasteiger partial charge in [-0.2, -0.15) is 0 Å². The smallest absolute Gasteiger partial charge is 0.309 e. The Hall–Kier alpha value is -1.58. The number of benzene rings is 1. The molecule has 0 spiro atoms. The van der Waals surface area contributed by atoms with E-state index in [0.29, 0.717) is 18.5 Å². The van der Waals surface area contributed by atoms with Crippen LogP contribution in [0.5, 0.6) is 0 Å². The van der Waals surface area contributed by atoms with Crippen LogP contribution < -0.4 is 5.32 Å². The molecule has 17 heavy (non-hydrogen) atoms. The Kier molecular flexibility index (Phi) is 4.10. The summed E-state index contributed by atoms with van der Waals surface area (Å²) in [4.78, 5) is 10.9. The Labute approximate surface area is 101 Å². The second-order valence-corrected chi connectivity index (χ2v) is 4.83. The molecule has 0 saturated carbocycles. The largest absolute Gasteiger partial charge is 0.481 e. The standard InChI is InChI=1S/C13H18FNO2/c1-9-8-10(4-5-11(9)14)15-7-6-13(2,3)12(16)17/h4-5,8,15H,6-7H2,1-3H3,(H,16,17). The molecule has 0 amide bonds. The molecule has 94 valence electrons. The van der Waals surface area contributed by atoms with Gasteiger partial charge in [0, 0.05) is 12.2 Å². The van der Waals surface area contributed by atoms with Crippen LogP contribution >= 0.6 is 0 Å². The summed E-state index contributed by atoms with van der Waals surface area (Å²) < 4.78 is 13.0. The number of nitrogens with one attached hydrogen (secondary N) is 1. The van der Waals surface area contributed by atoms with E-state index in [4.69, 9.17) is 5.11 Å². The average molecular weight is 239 g/mol. The number of carboxylic acids is 1. The number of anilines is 1. The second-order valence-electron chi connectivity index (χ2n) is 4.83. The van der Waals surface area contributed by atoms with Crippen LogP contribution in [0.15, 0.2) is 18.2 Å². The van der Waals surface area contributed by atoms with Gasteiger partial charge in [-0.3, -0.25) is 4.79 Å². The lowest BCUT2D eigenvalue weighted by Gasteiger charge is -2.19. The van der Waals surface area contributed by atoms with Gasteiger partial charge in [0.2, 0.25) is 0 Å². The zero-order valence-corrected chi connectivity index (χ0v) is 10.4. The van der Waals surface area contributed by atoms with Crippen molar-refractivity contribution in [1.29, 1.82) is 0 Å². The molecule has 0 unspecified atom stereocenters. The summed E-state index contributed by atoms with van der Waals surface area (Å²) in [6, 6.07) is 4.76. The summed E-state index contributed by atoms with van der Waals surface area (Å²) in [7, 11) is 0. The molecular formula is C13H18FNO2. The van der Waals surface area contributed by atoms with Gasteiger partial charge in [-0.1, -0.05) is 0 Å². The number of aliphatic carboxylic acids is 1. The lowest BCUT2D eigenvalue weighted by molar-refractivity contribution is -0.147. The molecule has 0 aliphatic heterocycles. The van der Waals surface area contributed by atoms with Crippen molar-refractivity contribution in [2.75, 3.05) is 11.9 Å². The van der Waals surface area contributed by atoms with E-state index in [2.05, 4.69) is 5.32 Å². The molecule has 0 radical (unpaired) electrons. The monoisotopic (exact) mass is 239 g/mol. The molecule has 0 aromatic heterocycles. The van der Waals surface area contributed by atoms with Gasteiger partial charge in [0.25, 0.3) is 0 Å². The van der Waals surface area contributed by atoms with E-state index in [9.17, 15) is 9.18 Å². The number of rotatable bonds is 5. The first kappa shape index (κ1) is 13.5. The number of aryl methyl sites for hydroxylation is 1. The first-order valence-corrected chi connectivity index (χ1v) is 5.56. The van der Waals surface area contributed by atoms with Gasteiger partial charge in [-0.05, 0) is 51.0 Å². The van der Waals surface area contributed by atoms with E-state index in [1.54, 1.807) is 32.9 Å². The van der Waals surface area contributed by atoms with Gasteiger partial charge in [-0.15, -0.1) is 0 Å². The van der Waals surface area contributed by atoms with Crippen molar-refractivity contribution in [3.63, 3.8) is 0 Å². The van der Waals surface area contributed by atoms with Crippen LogP contribution in [0.2, 0.25) is 0 Å². The lowest BCUT2D eigenvalue weighted by Crippen LogP contribution is -2.26. The molecule has 4 heteroatoms. The van der Waals surface area contributed by atoms with Crippen LogP contribution in [0, 0.1) is 18.2 Å². The minimum absolute atomic E-state index is 0.235. The summed E-state index contributed by atoms with van der Waals surface area (Å²) >= 11 is 0. The maximum Gasteiger partial charge on any atom is 0.309 e. The Balaban J connectivity index is 2.51. The van der Waals surface area contributed by atoms with E-state index < -0.39 is 11.4 Å². The van der Waals surface area contributed by atoms with Gasteiger partial charge in [0.1, 0.15) is 5.82 Å². The summed E-state index contributed by atoms with van der Waals surface area (Å²) in [5.74, 6) is -1.05. The molecule has 1 aromatic rings. The molecule has 3 nitrogen and oxygen atoms in total. The third-order valence-electron chi connectivity index (χ3n) is 2.82. The predicted molar refractivity (Wildman–Crippen MR) is 65.7 cm³/mol. The molecule has 0 aliphatic rings. The van der Waals surface area contributed by atoms with Gasteiger partial charge < -0.3 is 10.4 Å². The summed E-state index contributed by atoms with van der Waals surface area (Å²) in [5, 5.41) is 12.0. The topological polar surface area (TPSA) is 49.3 Å². The average Bonchev–Trinajstić information content (AvgIpc) is 2.23. The zero-order chi connectivity index (χ0) is 13.1. The van der Waals surface area contributed by atoms with Crippen LogP contribution in [0.1, 0.15) is 25.8 Å². The fourth-order valence-electron chi connectivity index (χ4n) is 1.38. The van der Waals surface area contributed by atoms with Gasteiger partial charge in [-0.25, -0.2) is 4.39 Å². The molecule has 0 fully saturated rings. The van der Waals surface area contributed by atoms with Crippen molar-refractivity contribution in [3.8, 4) is 0 Å². The fourth-order valence-corrected chi connectivity index (χ4v) is 1.38. The minimum Gasteiger partial charge on any atom is -0.481 e. The molecule has 0 aliphatic carbocycles. The normalized spacial score (nSPS) is 11.3. The molecule has 1 rings (SSSR count). The highest BCUT2D eigenvalue weighted by Gasteiger charge is 2.26. The van der Waals surface area contributed by atoms with Gasteiger partial charge >= 0.3 is 5.97 Å². The highest BCUT2D eigenvalue weighted by molar-refractivity contribution is 5.73. The Bertz CT molecular complexity index is 416. The summed E-state index contributed by atoms with van der Waals surface area (Å²) in [6.45, 7) is 5.62. The van der Waals surface area contributed by atoms with E-state index in [-0.39, 0.29) is 5.82 Å². The summed E-state index contributed by atoms with van der Waals surface area (Å²) in [5.41, 5.74) is 0.639. The van der Waals surface area contributed by atoms with Crippen LogP contribution in [0.4, 0.5) is 10.1 Å². The lowest BCUT2D eigenvalue weighted by atomic mass is 9.90. The van der Waals surface area contributed by atoms with Crippen LogP contribution in [-0.2, 0) is 4.79 Å². The quantitative estimate of drug-likeness (QED) is 0.830. The van der Waals surface area contributed by atoms with E-state index in [1.807, 2.05) is 0 Å². The number of hydrogen-bond donors (Lipinski definition) is 2. The van der Waals surface area contributed by atoms with E-state index in [0.717, 1.165) is 5.69 Å². The highest BCUT2D eigenvalue weighted by Crippen LogP contribution is 2.21. The second kappa shape index (κ2) is 5.17.